The Bertz CT molecular complexity index is 873. The minimum absolute atomic E-state index is 0.0800. The third-order valence-electron chi connectivity index (χ3n) is 9.38. The van der Waals surface area contributed by atoms with E-state index < -0.39 is 6.10 Å². The van der Waals surface area contributed by atoms with E-state index in [1.807, 2.05) is 0 Å². The summed E-state index contributed by atoms with van der Waals surface area (Å²) in [6.07, 6.45) is 51.1. The van der Waals surface area contributed by atoms with E-state index in [2.05, 4.69) is 69.4 Å². The van der Waals surface area contributed by atoms with Crippen LogP contribution in [0.5, 0.6) is 0 Å². The van der Waals surface area contributed by atoms with Gasteiger partial charge in [0.25, 0.3) is 0 Å². The minimum atomic E-state index is -0.533. The first-order chi connectivity index (χ1) is 25.6. The highest BCUT2D eigenvalue weighted by Gasteiger charge is 2.17. The van der Waals surface area contributed by atoms with Gasteiger partial charge in [0.05, 0.1) is 6.61 Å². The normalized spacial score (nSPS) is 12.6. The molecule has 0 fully saturated rings. The molecule has 0 bridgehead atoms. The zero-order valence-corrected chi connectivity index (χ0v) is 34.6. The molecule has 1 unspecified atom stereocenters. The van der Waals surface area contributed by atoms with Crippen molar-refractivity contribution in [2.45, 2.75) is 219 Å². The average molecular weight is 729 g/mol. The molecule has 0 aliphatic heterocycles. The van der Waals surface area contributed by atoms with Crippen LogP contribution < -0.4 is 0 Å². The smallest absolute Gasteiger partial charge is 0.306 e. The number of allylic oxidation sites excluding steroid dienone is 8. The van der Waals surface area contributed by atoms with E-state index in [1.54, 1.807) is 0 Å². The van der Waals surface area contributed by atoms with E-state index in [0.717, 1.165) is 77.0 Å². The van der Waals surface area contributed by atoms with Gasteiger partial charge in [0, 0.05) is 19.4 Å². The van der Waals surface area contributed by atoms with Crippen LogP contribution in [0.3, 0.4) is 0 Å². The number of ether oxygens (including phenoxy) is 3. The lowest BCUT2D eigenvalue weighted by atomic mass is 10.1. The largest absolute Gasteiger partial charge is 0.462 e. The third kappa shape index (κ3) is 40.6. The van der Waals surface area contributed by atoms with Crippen molar-refractivity contribution in [3.8, 4) is 0 Å². The maximum absolute atomic E-state index is 12.6. The summed E-state index contributed by atoms with van der Waals surface area (Å²) >= 11 is 0. The number of hydrogen-bond acceptors (Lipinski definition) is 5. The maximum atomic E-state index is 12.6. The molecule has 302 valence electrons. The molecule has 0 aromatic rings. The lowest BCUT2D eigenvalue weighted by Gasteiger charge is -2.18. The van der Waals surface area contributed by atoms with E-state index >= 15 is 0 Å². The lowest BCUT2D eigenvalue weighted by Crippen LogP contribution is -2.30. The predicted octanol–water partition coefficient (Wildman–Crippen LogP) is 14.4. The first-order valence-corrected chi connectivity index (χ1v) is 22.2. The van der Waals surface area contributed by atoms with Crippen molar-refractivity contribution in [1.29, 1.82) is 0 Å². The fourth-order valence-corrected chi connectivity index (χ4v) is 6.09. The summed E-state index contributed by atoms with van der Waals surface area (Å²) in [5.74, 6) is -0.413. The van der Waals surface area contributed by atoms with Crippen LogP contribution in [0, 0.1) is 0 Å². The van der Waals surface area contributed by atoms with Crippen molar-refractivity contribution in [1.82, 2.24) is 0 Å². The Balaban J connectivity index is 4.11. The predicted molar refractivity (Wildman–Crippen MR) is 224 cm³/mol. The highest BCUT2D eigenvalue weighted by atomic mass is 16.6. The molecule has 52 heavy (non-hydrogen) atoms. The van der Waals surface area contributed by atoms with Crippen LogP contribution in [0.2, 0.25) is 0 Å². The molecule has 0 amide bonds. The van der Waals surface area contributed by atoms with Gasteiger partial charge in [0.2, 0.25) is 0 Å². The van der Waals surface area contributed by atoms with Crippen molar-refractivity contribution in [3.05, 3.63) is 48.6 Å². The van der Waals surface area contributed by atoms with Crippen molar-refractivity contribution in [2.24, 2.45) is 0 Å². The standard InChI is InChI=1S/C47H84O5/c1-4-7-10-13-16-18-20-21-22-23-24-25-26-27-29-30-32-34-37-40-46(48)51-44-45(43-50-42-39-36-15-12-9-6-3)52-47(49)41-38-35-33-31-28-19-17-14-11-8-5-2/h7,10,16,18,21-22,24-25,45H,4-6,8-9,11-15,17,19-20,23,26-44H2,1-3H3/b10-7-,18-16-,22-21-,25-24-. The van der Waals surface area contributed by atoms with Gasteiger partial charge in [-0.25, -0.2) is 0 Å². The number of hydrogen-bond donors (Lipinski definition) is 0. The Morgan fingerprint density at radius 3 is 1.38 bits per heavy atom. The van der Waals surface area contributed by atoms with E-state index in [9.17, 15) is 9.59 Å². The summed E-state index contributed by atoms with van der Waals surface area (Å²) in [6.45, 7) is 7.66. The fraction of sp³-hybridized carbons (Fsp3) is 0.787. The van der Waals surface area contributed by atoms with Crippen LogP contribution in [0.25, 0.3) is 0 Å². The summed E-state index contributed by atoms with van der Waals surface area (Å²) in [7, 11) is 0. The van der Waals surface area contributed by atoms with Gasteiger partial charge >= 0.3 is 11.9 Å². The fourth-order valence-electron chi connectivity index (χ4n) is 6.09. The van der Waals surface area contributed by atoms with Crippen LogP contribution >= 0.6 is 0 Å². The first-order valence-electron chi connectivity index (χ1n) is 22.2. The zero-order chi connectivity index (χ0) is 37.8. The van der Waals surface area contributed by atoms with Gasteiger partial charge in [-0.05, 0) is 57.8 Å². The second-order valence-corrected chi connectivity index (χ2v) is 14.6. The van der Waals surface area contributed by atoms with Crippen LogP contribution in [-0.4, -0.2) is 37.9 Å². The van der Waals surface area contributed by atoms with Crippen molar-refractivity contribution in [3.63, 3.8) is 0 Å². The molecule has 0 aromatic heterocycles. The van der Waals surface area contributed by atoms with Crippen LogP contribution in [0.1, 0.15) is 213 Å². The Morgan fingerprint density at radius 1 is 0.442 bits per heavy atom. The van der Waals surface area contributed by atoms with Gasteiger partial charge in [-0.3, -0.25) is 9.59 Å². The molecule has 0 rings (SSSR count). The highest BCUT2D eigenvalue weighted by molar-refractivity contribution is 5.70. The Morgan fingerprint density at radius 2 is 0.865 bits per heavy atom. The molecule has 0 saturated carbocycles. The van der Waals surface area contributed by atoms with Crippen molar-refractivity contribution >= 4 is 11.9 Å². The lowest BCUT2D eigenvalue weighted by molar-refractivity contribution is -0.163. The van der Waals surface area contributed by atoms with E-state index in [0.29, 0.717) is 19.4 Å². The first kappa shape index (κ1) is 49.9. The summed E-state index contributed by atoms with van der Waals surface area (Å²) in [5.41, 5.74) is 0. The quantitative estimate of drug-likeness (QED) is 0.0357. The molecule has 0 radical (unpaired) electrons. The molecule has 0 aliphatic carbocycles. The summed E-state index contributed by atoms with van der Waals surface area (Å²) in [4.78, 5) is 25.1. The Kier molecular flexibility index (Phi) is 41.5. The molecule has 0 saturated heterocycles. The van der Waals surface area contributed by atoms with Gasteiger partial charge in [0.1, 0.15) is 6.61 Å². The van der Waals surface area contributed by atoms with E-state index in [-0.39, 0.29) is 25.2 Å². The number of esters is 2. The SMILES string of the molecule is CC/C=C\C/C=C\C/C=C\C/C=C\CCCCCCCCC(=O)OCC(COCCCCCCCC)OC(=O)CCCCCCCCCCCCC. The van der Waals surface area contributed by atoms with Crippen LogP contribution in [0.4, 0.5) is 0 Å². The maximum Gasteiger partial charge on any atom is 0.306 e. The topological polar surface area (TPSA) is 61.8 Å². The van der Waals surface area contributed by atoms with Gasteiger partial charge in [-0.15, -0.1) is 0 Å². The van der Waals surface area contributed by atoms with Gasteiger partial charge in [-0.1, -0.05) is 191 Å². The molecule has 0 aromatic carbocycles. The molecule has 1 atom stereocenters. The zero-order valence-electron chi connectivity index (χ0n) is 34.6. The molecular weight excluding hydrogens is 645 g/mol. The molecule has 0 aliphatic rings. The summed E-state index contributed by atoms with van der Waals surface area (Å²) in [5, 5.41) is 0. The number of carbonyl (C=O) groups is 2. The number of rotatable bonds is 40. The van der Waals surface area contributed by atoms with Gasteiger partial charge in [0.15, 0.2) is 6.10 Å². The summed E-state index contributed by atoms with van der Waals surface area (Å²) in [6, 6.07) is 0. The monoisotopic (exact) mass is 729 g/mol. The summed E-state index contributed by atoms with van der Waals surface area (Å²) < 4.78 is 17.2. The number of carbonyl (C=O) groups excluding carboxylic acids is 2. The third-order valence-corrected chi connectivity index (χ3v) is 9.38. The Labute approximate surface area is 322 Å². The van der Waals surface area contributed by atoms with Gasteiger partial charge in [-0.2, -0.15) is 0 Å². The second kappa shape index (κ2) is 43.3. The van der Waals surface area contributed by atoms with E-state index in [1.165, 1.54) is 103 Å². The molecular formula is C47H84O5. The molecule has 5 nitrogen and oxygen atoms in total. The number of unbranched alkanes of at least 4 members (excludes halogenated alkanes) is 21. The van der Waals surface area contributed by atoms with Gasteiger partial charge < -0.3 is 14.2 Å². The minimum Gasteiger partial charge on any atom is -0.462 e. The van der Waals surface area contributed by atoms with Crippen molar-refractivity contribution in [2.75, 3.05) is 19.8 Å². The highest BCUT2D eigenvalue weighted by Crippen LogP contribution is 2.14. The van der Waals surface area contributed by atoms with E-state index in [4.69, 9.17) is 14.2 Å². The van der Waals surface area contributed by atoms with Crippen LogP contribution in [-0.2, 0) is 23.8 Å². The Hall–Kier alpha value is -2.14. The molecule has 0 heterocycles. The molecule has 0 spiro atoms. The average Bonchev–Trinajstić information content (AvgIpc) is 3.14. The van der Waals surface area contributed by atoms with Crippen LogP contribution in [0.15, 0.2) is 48.6 Å². The van der Waals surface area contributed by atoms with Crippen molar-refractivity contribution < 1.29 is 23.8 Å². The second-order valence-electron chi connectivity index (χ2n) is 14.6. The molecule has 5 heteroatoms. The molecule has 0 N–H and O–H groups in total.